The molecule has 0 spiro atoms. The number of aryl methyl sites for hydroxylation is 1. The third-order valence-electron chi connectivity index (χ3n) is 2.21. The molecule has 90 valence electrons. The summed E-state index contributed by atoms with van der Waals surface area (Å²) < 4.78 is 7.77. The maximum Gasteiger partial charge on any atom is 0.345 e. The molecule has 0 radical (unpaired) electrons. The summed E-state index contributed by atoms with van der Waals surface area (Å²) in [5.74, 6) is 4.98. The van der Waals surface area contributed by atoms with Crippen molar-refractivity contribution in [2.24, 2.45) is 12.9 Å². The Hall–Kier alpha value is -2.35. The van der Waals surface area contributed by atoms with Crippen molar-refractivity contribution in [3.8, 4) is 0 Å². The number of furan rings is 1. The molecule has 2 aromatic rings. The van der Waals surface area contributed by atoms with E-state index >= 15 is 0 Å². The van der Waals surface area contributed by atoms with Crippen molar-refractivity contribution in [1.29, 1.82) is 0 Å². The first-order chi connectivity index (χ1) is 8.11. The molecule has 0 saturated heterocycles. The minimum atomic E-state index is -0.524. The van der Waals surface area contributed by atoms with E-state index in [0.717, 1.165) is 0 Å². The fraction of sp³-hybridized carbons (Fsp3) is 0.222. The molecule has 0 atom stereocenters. The van der Waals surface area contributed by atoms with Crippen molar-refractivity contribution in [3.05, 3.63) is 40.5 Å². The zero-order valence-electron chi connectivity index (χ0n) is 9.08. The molecule has 2 rings (SSSR count). The maximum absolute atomic E-state index is 11.5. The lowest BCUT2D eigenvalue weighted by Gasteiger charge is -1.96. The summed E-state index contributed by atoms with van der Waals surface area (Å²) in [6.45, 7) is 0.164. The highest BCUT2D eigenvalue weighted by molar-refractivity contribution is 5.90. The molecule has 2 aromatic heterocycles. The van der Waals surface area contributed by atoms with Gasteiger partial charge < -0.3 is 4.42 Å². The van der Waals surface area contributed by atoms with Crippen LogP contribution in [0.1, 0.15) is 16.3 Å². The van der Waals surface area contributed by atoms with Gasteiger partial charge in [0.25, 0.3) is 0 Å². The Morgan fingerprint density at radius 2 is 2.35 bits per heavy atom. The van der Waals surface area contributed by atoms with E-state index in [2.05, 4.69) is 5.10 Å². The van der Waals surface area contributed by atoms with E-state index in [9.17, 15) is 9.59 Å². The highest BCUT2D eigenvalue weighted by Gasteiger charge is 2.11. The molecule has 0 fully saturated rings. The molecule has 0 bridgehead atoms. The summed E-state index contributed by atoms with van der Waals surface area (Å²) >= 11 is 0. The molecule has 8 nitrogen and oxygen atoms in total. The molecule has 0 aliphatic carbocycles. The fourth-order valence-electron chi connectivity index (χ4n) is 1.33. The SMILES string of the molecule is Cn1cnn(Cc2ccc(C(=O)NN)o2)c1=O. The van der Waals surface area contributed by atoms with Gasteiger partial charge in [0.2, 0.25) is 0 Å². The van der Waals surface area contributed by atoms with Gasteiger partial charge in [0.1, 0.15) is 18.6 Å². The van der Waals surface area contributed by atoms with Crippen molar-refractivity contribution in [2.75, 3.05) is 0 Å². The number of carbonyl (C=O) groups excluding carboxylic acids is 1. The zero-order valence-corrected chi connectivity index (χ0v) is 9.08. The van der Waals surface area contributed by atoms with Crippen LogP contribution in [0, 0.1) is 0 Å². The molecule has 3 N–H and O–H groups in total. The van der Waals surface area contributed by atoms with Crippen molar-refractivity contribution in [1.82, 2.24) is 19.8 Å². The van der Waals surface area contributed by atoms with Crippen molar-refractivity contribution in [2.45, 2.75) is 6.54 Å². The second-order valence-corrected chi connectivity index (χ2v) is 3.42. The molecular weight excluding hydrogens is 226 g/mol. The molecule has 1 amide bonds. The predicted molar refractivity (Wildman–Crippen MR) is 56.9 cm³/mol. The van der Waals surface area contributed by atoms with Gasteiger partial charge >= 0.3 is 11.6 Å². The van der Waals surface area contributed by atoms with Crippen LogP contribution in [-0.4, -0.2) is 20.3 Å². The van der Waals surface area contributed by atoms with E-state index in [1.807, 2.05) is 5.43 Å². The number of hydrogen-bond acceptors (Lipinski definition) is 5. The topological polar surface area (TPSA) is 108 Å². The zero-order chi connectivity index (χ0) is 12.4. The van der Waals surface area contributed by atoms with Gasteiger partial charge in [-0.05, 0) is 12.1 Å². The van der Waals surface area contributed by atoms with Crippen LogP contribution < -0.4 is 17.0 Å². The van der Waals surface area contributed by atoms with E-state index in [1.54, 1.807) is 13.1 Å². The van der Waals surface area contributed by atoms with Crippen molar-refractivity contribution < 1.29 is 9.21 Å². The van der Waals surface area contributed by atoms with Crippen LogP contribution in [0.2, 0.25) is 0 Å². The number of nitrogen functional groups attached to an aromatic ring is 1. The highest BCUT2D eigenvalue weighted by Crippen LogP contribution is 2.08. The smallest absolute Gasteiger partial charge is 0.345 e. The van der Waals surface area contributed by atoms with Crippen LogP contribution >= 0.6 is 0 Å². The molecule has 2 heterocycles. The molecular formula is C9H11N5O3. The Bertz CT molecular complexity index is 594. The average molecular weight is 237 g/mol. The number of hydrogen-bond donors (Lipinski definition) is 2. The lowest BCUT2D eigenvalue weighted by molar-refractivity contribution is 0.0924. The first-order valence-electron chi connectivity index (χ1n) is 4.80. The summed E-state index contributed by atoms with van der Waals surface area (Å²) in [7, 11) is 1.60. The molecule has 0 aromatic carbocycles. The van der Waals surface area contributed by atoms with E-state index < -0.39 is 5.91 Å². The molecule has 8 heteroatoms. The lowest BCUT2D eigenvalue weighted by Crippen LogP contribution is -2.29. The number of amides is 1. The fourth-order valence-corrected chi connectivity index (χ4v) is 1.33. The van der Waals surface area contributed by atoms with E-state index in [1.165, 1.54) is 21.6 Å². The highest BCUT2D eigenvalue weighted by atomic mass is 16.4. The van der Waals surface area contributed by atoms with Gasteiger partial charge in [0, 0.05) is 7.05 Å². The Labute approximate surface area is 95.6 Å². The largest absolute Gasteiger partial charge is 0.454 e. The first kappa shape index (κ1) is 11.1. The van der Waals surface area contributed by atoms with Gasteiger partial charge in [0.15, 0.2) is 5.76 Å². The molecule has 0 unspecified atom stereocenters. The number of rotatable bonds is 3. The van der Waals surface area contributed by atoms with Crippen LogP contribution in [0.25, 0.3) is 0 Å². The monoisotopic (exact) mass is 237 g/mol. The summed E-state index contributed by atoms with van der Waals surface area (Å²) in [5, 5.41) is 3.87. The van der Waals surface area contributed by atoms with Crippen LogP contribution in [0.4, 0.5) is 0 Å². The second-order valence-electron chi connectivity index (χ2n) is 3.42. The number of aromatic nitrogens is 3. The van der Waals surface area contributed by atoms with Crippen LogP contribution in [0.15, 0.2) is 27.7 Å². The number of nitrogens with zero attached hydrogens (tertiary/aromatic N) is 3. The minimum Gasteiger partial charge on any atom is -0.454 e. The summed E-state index contributed by atoms with van der Waals surface area (Å²) in [5.41, 5.74) is 1.69. The van der Waals surface area contributed by atoms with Crippen molar-refractivity contribution in [3.63, 3.8) is 0 Å². The third-order valence-corrected chi connectivity index (χ3v) is 2.21. The van der Waals surface area contributed by atoms with Crippen LogP contribution in [-0.2, 0) is 13.6 Å². The standard InChI is InChI=1S/C9H11N5O3/c1-13-5-11-14(9(13)16)4-6-2-3-7(17-6)8(15)12-10/h2-3,5H,4,10H2,1H3,(H,12,15). The predicted octanol–water partition coefficient (Wildman–Crippen LogP) is -1.17. The first-order valence-corrected chi connectivity index (χ1v) is 4.80. The van der Waals surface area contributed by atoms with Crippen molar-refractivity contribution >= 4 is 5.91 Å². The van der Waals surface area contributed by atoms with Gasteiger partial charge in [-0.3, -0.25) is 14.8 Å². The summed E-state index contributed by atoms with van der Waals surface area (Å²) in [6.07, 6.45) is 1.40. The van der Waals surface area contributed by atoms with Gasteiger partial charge in [-0.25, -0.2) is 15.3 Å². The number of nitrogens with one attached hydrogen (secondary N) is 1. The van der Waals surface area contributed by atoms with Gasteiger partial charge in [0.05, 0.1) is 0 Å². The maximum atomic E-state index is 11.5. The molecule has 0 aliphatic rings. The summed E-state index contributed by atoms with van der Waals surface area (Å²) in [4.78, 5) is 22.6. The quantitative estimate of drug-likeness (QED) is 0.397. The Morgan fingerprint density at radius 1 is 1.59 bits per heavy atom. The molecule has 0 saturated carbocycles. The Morgan fingerprint density at radius 3 is 2.94 bits per heavy atom. The molecule has 0 aliphatic heterocycles. The van der Waals surface area contributed by atoms with Gasteiger partial charge in [-0.2, -0.15) is 5.10 Å². The van der Waals surface area contributed by atoms with E-state index in [0.29, 0.717) is 5.76 Å². The number of carbonyl (C=O) groups is 1. The van der Waals surface area contributed by atoms with E-state index in [4.69, 9.17) is 10.3 Å². The van der Waals surface area contributed by atoms with Crippen LogP contribution in [0.5, 0.6) is 0 Å². The summed E-state index contributed by atoms with van der Waals surface area (Å²) in [6, 6.07) is 3.07. The number of nitrogens with two attached hydrogens (primary N) is 1. The Kier molecular flexibility index (Phi) is 2.79. The molecule has 17 heavy (non-hydrogen) atoms. The van der Waals surface area contributed by atoms with Gasteiger partial charge in [-0.1, -0.05) is 0 Å². The lowest BCUT2D eigenvalue weighted by atomic mass is 10.4. The minimum absolute atomic E-state index is 0.0893. The number of hydrazine groups is 1. The van der Waals surface area contributed by atoms with E-state index in [-0.39, 0.29) is 18.0 Å². The second kappa shape index (κ2) is 4.26. The Balaban J connectivity index is 2.20. The van der Waals surface area contributed by atoms with Crippen LogP contribution in [0.3, 0.4) is 0 Å². The van der Waals surface area contributed by atoms with Gasteiger partial charge in [-0.15, -0.1) is 0 Å². The normalized spacial score (nSPS) is 10.5. The third kappa shape index (κ3) is 2.11. The average Bonchev–Trinajstić information content (AvgIpc) is 2.91.